The van der Waals surface area contributed by atoms with Gasteiger partial charge in [-0.25, -0.2) is 5.11 Å². The van der Waals surface area contributed by atoms with Crippen LogP contribution >= 0.6 is 0 Å². The van der Waals surface area contributed by atoms with Crippen molar-refractivity contribution in [3.05, 3.63) is 0 Å². The van der Waals surface area contributed by atoms with E-state index in [0.717, 1.165) is 4.80 Å². The van der Waals surface area contributed by atoms with E-state index in [9.17, 15) is 5.11 Å². The fourth-order valence-corrected chi connectivity index (χ4v) is 0.267. The highest BCUT2D eigenvalue weighted by Crippen LogP contribution is 1.88. The Hall–Kier alpha value is -1.13. The van der Waals surface area contributed by atoms with E-state index in [-0.39, 0.29) is 0 Å². The molecule has 0 saturated carbocycles. The SMILES string of the molecule is Cn1nnc([O])n1. The summed E-state index contributed by atoms with van der Waals surface area (Å²) in [6.07, 6.45) is 0. The molecule has 0 atom stereocenters. The van der Waals surface area contributed by atoms with E-state index in [4.69, 9.17) is 0 Å². The highest BCUT2D eigenvalue weighted by Gasteiger charge is 1.92. The molecule has 0 aromatic carbocycles. The van der Waals surface area contributed by atoms with Crippen LogP contribution in [0.1, 0.15) is 0 Å². The second-order valence-electron chi connectivity index (χ2n) is 1.06. The van der Waals surface area contributed by atoms with Crippen LogP contribution in [-0.2, 0) is 12.2 Å². The predicted octanol–water partition coefficient (Wildman–Crippen LogP) is -0.646. The number of aromatic nitrogens is 4. The first-order valence-corrected chi connectivity index (χ1v) is 1.70. The first-order chi connectivity index (χ1) is 3.29. The maximum Gasteiger partial charge on any atom is 0.405 e. The van der Waals surface area contributed by atoms with Crippen LogP contribution in [0.15, 0.2) is 0 Å². The molecule has 0 aliphatic carbocycles. The van der Waals surface area contributed by atoms with E-state index in [1.54, 1.807) is 0 Å². The molecule has 1 radical (unpaired) electrons. The molecule has 0 bridgehead atoms. The third kappa shape index (κ3) is 0.648. The molecule has 1 heterocycles. The summed E-state index contributed by atoms with van der Waals surface area (Å²) < 4.78 is 0. The summed E-state index contributed by atoms with van der Waals surface area (Å²) in [6, 6.07) is -0.539. The Balaban J connectivity index is 3.04. The zero-order valence-electron chi connectivity index (χ0n) is 3.70. The number of hydrogen-bond acceptors (Lipinski definition) is 3. The molecule has 0 unspecified atom stereocenters. The third-order valence-electron chi connectivity index (χ3n) is 0.490. The molecule has 0 amide bonds. The lowest BCUT2D eigenvalue weighted by atomic mass is 11.3. The molecule has 1 aromatic heterocycles. The highest BCUT2D eigenvalue weighted by atomic mass is 16.3. The van der Waals surface area contributed by atoms with Gasteiger partial charge in [0.25, 0.3) is 0 Å². The van der Waals surface area contributed by atoms with E-state index in [0.29, 0.717) is 0 Å². The van der Waals surface area contributed by atoms with Crippen LogP contribution in [0.2, 0.25) is 0 Å². The number of aryl methyl sites for hydroxylation is 1. The van der Waals surface area contributed by atoms with Gasteiger partial charge in [0.1, 0.15) is 0 Å². The molecule has 0 aliphatic heterocycles. The van der Waals surface area contributed by atoms with Crippen LogP contribution in [-0.4, -0.2) is 20.2 Å². The third-order valence-corrected chi connectivity index (χ3v) is 0.490. The number of hydrogen-bond donors (Lipinski definition) is 0. The van der Waals surface area contributed by atoms with Crippen molar-refractivity contribution in [2.75, 3.05) is 0 Å². The fraction of sp³-hybridized carbons (Fsp3) is 0.500. The maximum absolute atomic E-state index is 9.98. The quantitative estimate of drug-likeness (QED) is 0.434. The lowest BCUT2D eigenvalue weighted by molar-refractivity contribution is 0.317. The average molecular weight is 99.1 g/mol. The van der Waals surface area contributed by atoms with E-state index in [2.05, 4.69) is 15.4 Å². The minimum atomic E-state index is -0.539. The first-order valence-electron chi connectivity index (χ1n) is 1.70. The minimum absolute atomic E-state index is 0.539. The summed E-state index contributed by atoms with van der Waals surface area (Å²) in [5.41, 5.74) is 0. The minimum Gasteiger partial charge on any atom is -0.240 e. The number of nitrogens with zero attached hydrogens (tertiary/aromatic N) is 4. The Labute approximate surface area is 39.6 Å². The van der Waals surface area contributed by atoms with Gasteiger partial charge >= 0.3 is 6.01 Å². The summed E-state index contributed by atoms with van der Waals surface area (Å²) in [6.45, 7) is 0. The molecule has 0 fully saturated rings. The molecule has 5 heteroatoms. The van der Waals surface area contributed by atoms with Gasteiger partial charge in [-0.05, 0) is 5.21 Å². The van der Waals surface area contributed by atoms with E-state index < -0.39 is 6.01 Å². The van der Waals surface area contributed by atoms with Crippen LogP contribution < -0.4 is 0 Å². The second kappa shape index (κ2) is 1.18. The molecule has 0 N–H and O–H groups in total. The van der Waals surface area contributed by atoms with Crippen molar-refractivity contribution in [2.45, 2.75) is 0 Å². The van der Waals surface area contributed by atoms with Gasteiger partial charge in [-0.1, -0.05) is 10.2 Å². The van der Waals surface area contributed by atoms with Crippen molar-refractivity contribution in [2.24, 2.45) is 7.05 Å². The Morgan fingerprint density at radius 3 is 2.57 bits per heavy atom. The zero-order valence-corrected chi connectivity index (χ0v) is 3.70. The van der Waals surface area contributed by atoms with E-state index in [1.807, 2.05) is 0 Å². The monoisotopic (exact) mass is 99.0 g/mol. The molecule has 1 aromatic rings. The van der Waals surface area contributed by atoms with Crippen molar-refractivity contribution in [1.29, 1.82) is 0 Å². The average Bonchev–Trinajstić information content (AvgIpc) is 1.87. The Morgan fingerprint density at radius 1 is 1.71 bits per heavy atom. The van der Waals surface area contributed by atoms with Crippen molar-refractivity contribution < 1.29 is 5.11 Å². The van der Waals surface area contributed by atoms with Crippen LogP contribution in [0.25, 0.3) is 0 Å². The van der Waals surface area contributed by atoms with Crippen molar-refractivity contribution in [3.63, 3.8) is 0 Å². The van der Waals surface area contributed by atoms with Crippen molar-refractivity contribution >= 4 is 0 Å². The predicted molar refractivity (Wildman–Crippen MR) is 18.9 cm³/mol. The maximum atomic E-state index is 9.98. The Bertz CT molecular complexity index is 142. The molecule has 37 valence electrons. The molecule has 1 rings (SSSR count). The largest absolute Gasteiger partial charge is 0.405 e. The molecule has 0 spiro atoms. The molecule has 0 aliphatic rings. The normalized spacial score (nSPS) is 9.29. The van der Waals surface area contributed by atoms with Gasteiger partial charge in [-0.15, -0.1) is 0 Å². The molecular formula is C2H3N4O. The first kappa shape index (κ1) is 4.04. The van der Waals surface area contributed by atoms with Gasteiger partial charge in [0, 0.05) is 0 Å². The van der Waals surface area contributed by atoms with E-state index >= 15 is 0 Å². The topological polar surface area (TPSA) is 63.5 Å². The van der Waals surface area contributed by atoms with Crippen LogP contribution in [0, 0.1) is 0 Å². The Morgan fingerprint density at radius 2 is 2.43 bits per heavy atom. The van der Waals surface area contributed by atoms with Gasteiger partial charge in [0.2, 0.25) is 0 Å². The molecule has 5 nitrogen and oxygen atoms in total. The lowest BCUT2D eigenvalue weighted by Gasteiger charge is -1.71. The summed E-state index contributed by atoms with van der Waals surface area (Å²) in [7, 11) is 1.54. The fourth-order valence-electron chi connectivity index (χ4n) is 0.267. The summed E-state index contributed by atoms with van der Waals surface area (Å²) in [5, 5.41) is 19.6. The molecular weight excluding hydrogens is 96.0 g/mol. The van der Waals surface area contributed by atoms with Crippen molar-refractivity contribution in [3.8, 4) is 6.01 Å². The standard InChI is InChI=1S/C2H3N4O/c1-6-4-2(7)3-5-6/h1H3. The van der Waals surface area contributed by atoms with Gasteiger partial charge in [0.05, 0.1) is 7.05 Å². The van der Waals surface area contributed by atoms with Crippen molar-refractivity contribution in [1.82, 2.24) is 20.2 Å². The smallest absolute Gasteiger partial charge is 0.240 e. The van der Waals surface area contributed by atoms with Crippen LogP contribution in [0.5, 0.6) is 6.01 Å². The number of tetrazole rings is 1. The van der Waals surface area contributed by atoms with Gasteiger partial charge in [0.15, 0.2) is 0 Å². The van der Waals surface area contributed by atoms with Gasteiger partial charge in [-0.2, -0.15) is 4.80 Å². The van der Waals surface area contributed by atoms with Crippen LogP contribution in [0.3, 0.4) is 0 Å². The summed E-state index contributed by atoms with van der Waals surface area (Å²) in [4.78, 5) is 1.11. The second-order valence-corrected chi connectivity index (χ2v) is 1.06. The summed E-state index contributed by atoms with van der Waals surface area (Å²) >= 11 is 0. The number of rotatable bonds is 0. The van der Waals surface area contributed by atoms with Gasteiger partial charge in [-0.3, -0.25) is 0 Å². The van der Waals surface area contributed by atoms with E-state index in [1.165, 1.54) is 7.05 Å². The van der Waals surface area contributed by atoms with Gasteiger partial charge < -0.3 is 0 Å². The molecule has 7 heavy (non-hydrogen) atoms. The van der Waals surface area contributed by atoms with Crippen LogP contribution in [0.4, 0.5) is 0 Å². The summed E-state index contributed by atoms with van der Waals surface area (Å²) in [5.74, 6) is 0. The highest BCUT2D eigenvalue weighted by molar-refractivity contribution is 4.74. The lowest BCUT2D eigenvalue weighted by Crippen LogP contribution is -1.90. The Kier molecular flexibility index (Phi) is 0.680. The zero-order chi connectivity index (χ0) is 5.28. The molecule has 0 saturated heterocycles.